The fourth-order valence-electron chi connectivity index (χ4n) is 2.49. The normalized spacial score (nSPS) is 22.1. The van der Waals surface area contributed by atoms with Crippen LogP contribution < -0.4 is 5.32 Å². The van der Waals surface area contributed by atoms with Gasteiger partial charge in [0, 0.05) is 12.6 Å². The lowest BCUT2D eigenvalue weighted by molar-refractivity contribution is 0.292. The van der Waals surface area contributed by atoms with Gasteiger partial charge in [-0.3, -0.25) is 0 Å². The van der Waals surface area contributed by atoms with Gasteiger partial charge in [-0.15, -0.1) is 0 Å². The molecule has 0 aliphatic carbocycles. The lowest BCUT2D eigenvalue weighted by atomic mass is 9.98. The van der Waals surface area contributed by atoms with E-state index in [0.717, 1.165) is 12.4 Å². The number of nitrogens with zero attached hydrogens (tertiary/aromatic N) is 3. The van der Waals surface area contributed by atoms with Crippen molar-refractivity contribution in [3.05, 3.63) is 12.2 Å². The molecule has 0 saturated heterocycles. The number of fused-ring (bicyclic) bond motifs is 1. The molecule has 2 rings (SSSR count). The topological polar surface area (TPSA) is 42.7 Å². The molecule has 2 unspecified atom stereocenters. The van der Waals surface area contributed by atoms with Gasteiger partial charge in [-0.05, 0) is 25.2 Å². The van der Waals surface area contributed by atoms with Gasteiger partial charge in [-0.25, -0.2) is 9.67 Å². The maximum atomic E-state index is 4.37. The Balaban J connectivity index is 2.07. The van der Waals surface area contributed by atoms with Crippen LogP contribution in [-0.2, 0) is 6.54 Å². The third kappa shape index (κ3) is 2.26. The predicted octanol–water partition coefficient (Wildman–Crippen LogP) is 2.14. The first kappa shape index (κ1) is 11.6. The van der Waals surface area contributed by atoms with Crippen molar-refractivity contribution < 1.29 is 0 Å². The van der Waals surface area contributed by atoms with Gasteiger partial charge >= 0.3 is 0 Å². The van der Waals surface area contributed by atoms with Crippen molar-refractivity contribution in [2.45, 2.75) is 58.7 Å². The Hall–Kier alpha value is -0.900. The van der Waals surface area contributed by atoms with Gasteiger partial charge in [0.15, 0.2) is 0 Å². The third-order valence-corrected chi connectivity index (χ3v) is 3.48. The van der Waals surface area contributed by atoms with Crippen LogP contribution in [0.15, 0.2) is 6.33 Å². The first-order valence-corrected chi connectivity index (χ1v) is 6.36. The molecule has 1 aromatic rings. The van der Waals surface area contributed by atoms with Crippen LogP contribution in [0.4, 0.5) is 0 Å². The Kier molecular flexibility index (Phi) is 3.59. The van der Waals surface area contributed by atoms with Gasteiger partial charge in [0.2, 0.25) is 0 Å². The Morgan fingerprint density at radius 3 is 3.06 bits per heavy atom. The highest BCUT2D eigenvalue weighted by Gasteiger charge is 2.25. The minimum atomic E-state index is 0.392. The quantitative estimate of drug-likeness (QED) is 0.848. The largest absolute Gasteiger partial charge is 0.304 e. The average Bonchev–Trinajstić information content (AvgIpc) is 2.73. The Morgan fingerprint density at radius 1 is 1.56 bits per heavy atom. The molecule has 0 aromatic carbocycles. The van der Waals surface area contributed by atoms with E-state index in [0.29, 0.717) is 18.0 Å². The summed E-state index contributed by atoms with van der Waals surface area (Å²) in [6.07, 6.45) is 5.22. The Morgan fingerprint density at radius 2 is 2.38 bits per heavy atom. The summed E-state index contributed by atoms with van der Waals surface area (Å²) in [6.45, 7) is 7.81. The van der Waals surface area contributed by atoms with Crippen molar-refractivity contribution in [1.82, 2.24) is 20.1 Å². The van der Waals surface area contributed by atoms with Crippen LogP contribution in [-0.4, -0.2) is 20.8 Å². The summed E-state index contributed by atoms with van der Waals surface area (Å²) in [7, 11) is 0. The molecule has 0 amide bonds. The molecule has 1 aliphatic heterocycles. The zero-order valence-corrected chi connectivity index (χ0v) is 10.5. The second-order valence-electron chi connectivity index (χ2n) is 4.96. The first-order chi connectivity index (χ1) is 7.72. The van der Waals surface area contributed by atoms with E-state index in [1.807, 2.05) is 4.68 Å². The SMILES string of the molecule is CCC(NC1CCCn2ncnc21)C(C)C. The van der Waals surface area contributed by atoms with Crippen molar-refractivity contribution in [2.24, 2.45) is 5.92 Å². The van der Waals surface area contributed by atoms with E-state index in [-0.39, 0.29) is 0 Å². The molecule has 1 aromatic heterocycles. The smallest absolute Gasteiger partial charge is 0.143 e. The number of nitrogens with one attached hydrogen (secondary N) is 1. The number of hydrogen-bond donors (Lipinski definition) is 1. The zero-order chi connectivity index (χ0) is 11.5. The highest BCUT2D eigenvalue weighted by molar-refractivity contribution is 4.98. The molecule has 0 radical (unpaired) electrons. The average molecular weight is 222 g/mol. The molecule has 90 valence electrons. The van der Waals surface area contributed by atoms with Gasteiger partial charge in [0.1, 0.15) is 12.2 Å². The Bertz CT molecular complexity index is 332. The maximum absolute atomic E-state index is 4.37. The lowest BCUT2D eigenvalue weighted by Crippen LogP contribution is -2.39. The van der Waals surface area contributed by atoms with Crippen LogP contribution in [0, 0.1) is 5.92 Å². The summed E-state index contributed by atoms with van der Waals surface area (Å²) in [4.78, 5) is 4.37. The van der Waals surface area contributed by atoms with Gasteiger partial charge in [0.25, 0.3) is 0 Å². The van der Waals surface area contributed by atoms with E-state index in [1.54, 1.807) is 6.33 Å². The van der Waals surface area contributed by atoms with Crippen LogP contribution in [0.2, 0.25) is 0 Å². The molecule has 0 saturated carbocycles. The summed E-state index contributed by atoms with van der Waals surface area (Å²) in [5.41, 5.74) is 0. The van der Waals surface area contributed by atoms with Crippen LogP contribution >= 0.6 is 0 Å². The lowest BCUT2D eigenvalue weighted by Gasteiger charge is -2.29. The number of aryl methyl sites for hydroxylation is 1. The fraction of sp³-hybridized carbons (Fsp3) is 0.833. The number of rotatable bonds is 4. The van der Waals surface area contributed by atoms with Crippen molar-refractivity contribution in [2.75, 3.05) is 0 Å². The molecule has 0 spiro atoms. The van der Waals surface area contributed by atoms with E-state index in [1.165, 1.54) is 19.3 Å². The molecule has 0 bridgehead atoms. The van der Waals surface area contributed by atoms with E-state index < -0.39 is 0 Å². The molecule has 2 heterocycles. The highest BCUT2D eigenvalue weighted by atomic mass is 15.3. The standard InChI is InChI=1S/C12H22N4/c1-4-10(9(2)3)15-11-6-5-7-16-12(11)13-8-14-16/h8-11,15H,4-7H2,1-3H3. The summed E-state index contributed by atoms with van der Waals surface area (Å²) in [5, 5.41) is 7.97. The second-order valence-corrected chi connectivity index (χ2v) is 4.96. The monoisotopic (exact) mass is 222 g/mol. The highest BCUT2D eigenvalue weighted by Crippen LogP contribution is 2.24. The van der Waals surface area contributed by atoms with E-state index in [4.69, 9.17) is 0 Å². The second kappa shape index (κ2) is 4.95. The molecule has 4 heteroatoms. The van der Waals surface area contributed by atoms with Crippen LogP contribution in [0.25, 0.3) is 0 Å². The maximum Gasteiger partial charge on any atom is 0.143 e. The van der Waals surface area contributed by atoms with E-state index in [2.05, 4.69) is 36.2 Å². The summed E-state index contributed by atoms with van der Waals surface area (Å²) in [6, 6.07) is 0.969. The number of aromatic nitrogens is 3. The fourth-order valence-corrected chi connectivity index (χ4v) is 2.49. The molecule has 16 heavy (non-hydrogen) atoms. The van der Waals surface area contributed by atoms with Crippen molar-refractivity contribution >= 4 is 0 Å². The Labute approximate surface area is 97.5 Å². The summed E-state index contributed by atoms with van der Waals surface area (Å²) < 4.78 is 2.04. The molecule has 2 atom stereocenters. The van der Waals surface area contributed by atoms with Crippen LogP contribution in [0.5, 0.6) is 0 Å². The molecule has 0 fully saturated rings. The van der Waals surface area contributed by atoms with Gasteiger partial charge in [0.05, 0.1) is 6.04 Å². The zero-order valence-electron chi connectivity index (χ0n) is 10.5. The molecule has 1 N–H and O–H groups in total. The van der Waals surface area contributed by atoms with Gasteiger partial charge < -0.3 is 5.32 Å². The van der Waals surface area contributed by atoms with Crippen LogP contribution in [0.3, 0.4) is 0 Å². The first-order valence-electron chi connectivity index (χ1n) is 6.36. The molecule has 4 nitrogen and oxygen atoms in total. The van der Waals surface area contributed by atoms with Gasteiger partial charge in [-0.1, -0.05) is 20.8 Å². The third-order valence-electron chi connectivity index (χ3n) is 3.48. The molecular formula is C12H22N4. The van der Waals surface area contributed by atoms with Crippen molar-refractivity contribution in [1.29, 1.82) is 0 Å². The van der Waals surface area contributed by atoms with Crippen LogP contribution in [0.1, 0.15) is 51.9 Å². The van der Waals surface area contributed by atoms with E-state index >= 15 is 0 Å². The molecular weight excluding hydrogens is 200 g/mol. The summed E-state index contributed by atoms with van der Waals surface area (Å²) >= 11 is 0. The van der Waals surface area contributed by atoms with E-state index in [9.17, 15) is 0 Å². The van der Waals surface area contributed by atoms with Gasteiger partial charge in [-0.2, -0.15) is 5.10 Å². The minimum absolute atomic E-state index is 0.392. The number of hydrogen-bond acceptors (Lipinski definition) is 3. The van der Waals surface area contributed by atoms with Crippen molar-refractivity contribution in [3.8, 4) is 0 Å². The predicted molar refractivity (Wildman–Crippen MR) is 64.0 cm³/mol. The summed E-state index contributed by atoms with van der Waals surface area (Å²) in [5.74, 6) is 1.79. The molecule has 1 aliphatic rings. The van der Waals surface area contributed by atoms with Crippen molar-refractivity contribution in [3.63, 3.8) is 0 Å². The minimum Gasteiger partial charge on any atom is -0.304 e.